The molecule has 0 saturated heterocycles. The maximum absolute atomic E-state index is 12.3. The number of sulfonamides is 1. The number of nitrogens with zero attached hydrogens (tertiary/aromatic N) is 3. The molecular weight excluding hydrogens is 288 g/mol. The lowest BCUT2D eigenvalue weighted by Crippen LogP contribution is -2.14. The summed E-state index contributed by atoms with van der Waals surface area (Å²) >= 11 is 0. The Kier molecular flexibility index (Phi) is 4.29. The summed E-state index contributed by atoms with van der Waals surface area (Å²) in [4.78, 5) is 4.08. The van der Waals surface area contributed by atoms with Gasteiger partial charge < -0.3 is 4.57 Å². The molecule has 1 N–H and O–H groups in total. The molecule has 0 aliphatic heterocycles. The molecule has 2 aromatic rings. The summed E-state index contributed by atoms with van der Waals surface area (Å²) in [7, 11) is -3.80. The van der Waals surface area contributed by atoms with Gasteiger partial charge in [0, 0.05) is 12.7 Å². The third-order valence-electron chi connectivity index (χ3n) is 2.99. The van der Waals surface area contributed by atoms with Crippen LogP contribution < -0.4 is 4.72 Å². The molecule has 1 aromatic carbocycles. The predicted molar refractivity (Wildman–Crippen MR) is 79.2 cm³/mol. The predicted octanol–water partition coefficient (Wildman–Crippen LogP) is 2.27. The van der Waals surface area contributed by atoms with Crippen molar-refractivity contribution in [1.82, 2.24) is 9.55 Å². The topological polar surface area (TPSA) is 87.8 Å². The van der Waals surface area contributed by atoms with Gasteiger partial charge in [0.1, 0.15) is 11.9 Å². The lowest BCUT2D eigenvalue weighted by Gasteiger charge is -2.06. The van der Waals surface area contributed by atoms with Gasteiger partial charge in [0.2, 0.25) is 0 Å². The van der Waals surface area contributed by atoms with Crippen LogP contribution in [0.3, 0.4) is 0 Å². The zero-order valence-corrected chi connectivity index (χ0v) is 12.7. The van der Waals surface area contributed by atoms with Crippen LogP contribution in [0.4, 0.5) is 5.69 Å². The van der Waals surface area contributed by atoms with Crippen molar-refractivity contribution in [3.63, 3.8) is 0 Å². The summed E-state index contributed by atoms with van der Waals surface area (Å²) < 4.78 is 28.9. The van der Waals surface area contributed by atoms with Crippen molar-refractivity contribution in [2.24, 2.45) is 0 Å². The van der Waals surface area contributed by atoms with Crippen LogP contribution in [-0.4, -0.2) is 18.0 Å². The number of imidazole rings is 1. The van der Waals surface area contributed by atoms with E-state index in [9.17, 15) is 8.42 Å². The van der Waals surface area contributed by atoms with Crippen molar-refractivity contribution in [3.8, 4) is 6.07 Å². The van der Waals surface area contributed by atoms with Crippen molar-refractivity contribution in [1.29, 1.82) is 5.26 Å². The molecule has 0 unspecified atom stereocenters. The van der Waals surface area contributed by atoms with Crippen LogP contribution in [-0.2, 0) is 16.6 Å². The van der Waals surface area contributed by atoms with Crippen LogP contribution in [0.15, 0.2) is 35.5 Å². The van der Waals surface area contributed by atoms with Crippen molar-refractivity contribution < 1.29 is 8.42 Å². The summed E-state index contributed by atoms with van der Waals surface area (Å²) in [6.45, 7) is 4.48. The number of nitriles is 1. The molecule has 0 spiro atoms. The van der Waals surface area contributed by atoms with E-state index >= 15 is 0 Å². The fourth-order valence-electron chi connectivity index (χ4n) is 1.94. The van der Waals surface area contributed by atoms with E-state index < -0.39 is 10.0 Å². The normalized spacial score (nSPS) is 11.1. The van der Waals surface area contributed by atoms with Gasteiger partial charge in [0.25, 0.3) is 10.0 Å². The summed E-state index contributed by atoms with van der Waals surface area (Å²) in [5.41, 5.74) is 0.522. The second kappa shape index (κ2) is 5.97. The van der Waals surface area contributed by atoms with Crippen molar-refractivity contribution in [2.45, 2.75) is 31.8 Å². The number of rotatable bonds is 5. The van der Waals surface area contributed by atoms with Gasteiger partial charge in [-0.1, -0.05) is 19.1 Å². The van der Waals surface area contributed by atoms with Crippen molar-refractivity contribution in [3.05, 3.63) is 41.9 Å². The Morgan fingerprint density at radius 3 is 2.76 bits per heavy atom. The number of hydrogen-bond donors (Lipinski definition) is 1. The molecule has 0 saturated carbocycles. The summed E-state index contributed by atoms with van der Waals surface area (Å²) in [6, 6.07) is 8.40. The highest BCUT2D eigenvalue weighted by molar-refractivity contribution is 7.92. The first-order chi connectivity index (χ1) is 9.97. The van der Waals surface area contributed by atoms with Gasteiger partial charge in [-0.2, -0.15) is 13.7 Å². The van der Waals surface area contributed by atoms with Crippen LogP contribution in [0.1, 0.15) is 24.7 Å². The van der Waals surface area contributed by atoms with Crippen LogP contribution in [0.2, 0.25) is 0 Å². The van der Waals surface area contributed by atoms with E-state index in [1.165, 1.54) is 6.20 Å². The number of anilines is 1. The highest BCUT2D eigenvalue weighted by atomic mass is 32.2. The largest absolute Gasteiger partial charge is 0.334 e. The average Bonchev–Trinajstić information content (AvgIpc) is 2.82. The summed E-state index contributed by atoms with van der Waals surface area (Å²) in [6.07, 6.45) is 2.40. The SMILES string of the molecule is CCCn1cc(S(=O)(=O)Nc2ccccc2C#N)nc1C. The number of para-hydroxylation sites is 1. The Bertz CT molecular complexity index is 788. The zero-order valence-electron chi connectivity index (χ0n) is 11.9. The number of benzene rings is 1. The monoisotopic (exact) mass is 304 g/mol. The molecule has 0 fully saturated rings. The minimum atomic E-state index is -3.80. The van der Waals surface area contributed by atoms with Gasteiger partial charge in [-0.05, 0) is 25.5 Å². The third kappa shape index (κ3) is 3.23. The molecule has 1 heterocycles. The molecule has 1 aromatic heterocycles. The molecule has 0 aliphatic carbocycles. The Morgan fingerprint density at radius 2 is 2.10 bits per heavy atom. The molecular formula is C14H16N4O2S. The zero-order chi connectivity index (χ0) is 15.5. The minimum absolute atomic E-state index is 0.0406. The van der Waals surface area contributed by atoms with E-state index in [-0.39, 0.29) is 16.3 Å². The van der Waals surface area contributed by atoms with Gasteiger partial charge in [0.05, 0.1) is 11.3 Å². The molecule has 2 rings (SSSR count). The van der Waals surface area contributed by atoms with Gasteiger partial charge in [-0.3, -0.25) is 4.72 Å². The van der Waals surface area contributed by atoms with E-state index in [0.29, 0.717) is 12.4 Å². The Labute approximate surface area is 124 Å². The maximum atomic E-state index is 12.3. The molecule has 7 heteroatoms. The number of nitrogens with one attached hydrogen (secondary N) is 1. The lowest BCUT2D eigenvalue weighted by molar-refractivity contribution is 0.597. The van der Waals surface area contributed by atoms with Gasteiger partial charge in [0.15, 0.2) is 5.03 Å². The van der Waals surface area contributed by atoms with Crippen molar-refractivity contribution >= 4 is 15.7 Å². The first-order valence-corrected chi connectivity index (χ1v) is 8.02. The fourth-order valence-corrected chi connectivity index (χ4v) is 3.03. The first-order valence-electron chi connectivity index (χ1n) is 6.53. The molecule has 110 valence electrons. The lowest BCUT2D eigenvalue weighted by atomic mass is 10.2. The fraction of sp³-hybridized carbons (Fsp3) is 0.286. The van der Waals surface area contributed by atoms with Crippen molar-refractivity contribution in [2.75, 3.05) is 4.72 Å². The van der Waals surface area contributed by atoms with Crippen LogP contribution in [0.5, 0.6) is 0 Å². The average molecular weight is 304 g/mol. The minimum Gasteiger partial charge on any atom is -0.334 e. The van der Waals surface area contributed by atoms with Crippen LogP contribution in [0.25, 0.3) is 0 Å². The number of aromatic nitrogens is 2. The van der Waals surface area contributed by atoms with Crippen LogP contribution >= 0.6 is 0 Å². The second-order valence-electron chi connectivity index (χ2n) is 4.58. The van der Waals surface area contributed by atoms with E-state index in [1.54, 1.807) is 35.8 Å². The number of hydrogen-bond acceptors (Lipinski definition) is 4. The van der Waals surface area contributed by atoms with E-state index in [2.05, 4.69) is 9.71 Å². The molecule has 21 heavy (non-hydrogen) atoms. The molecule has 0 amide bonds. The first kappa shape index (κ1) is 15.1. The smallest absolute Gasteiger partial charge is 0.280 e. The quantitative estimate of drug-likeness (QED) is 0.917. The van der Waals surface area contributed by atoms with E-state index in [4.69, 9.17) is 5.26 Å². The third-order valence-corrected chi connectivity index (χ3v) is 4.22. The van der Waals surface area contributed by atoms with Gasteiger partial charge >= 0.3 is 0 Å². The molecule has 6 nitrogen and oxygen atoms in total. The second-order valence-corrected chi connectivity index (χ2v) is 6.21. The summed E-state index contributed by atoms with van der Waals surface area (Å²) in [5.74, 6) is 0.644. The van der Waals surface area contributed by atoms with Gasteiger partial charge in [-0.15, -0.1) is 0 Å². The summed E-state index contributed by atoms with van der Waals surface area (Å²) in [5, 5.41) is 8.96. The highest BCUT2D eigenvalue weighted by Crippen LogP contribution is 2.19. The standard InChI is InChI=1S/C14H16N4O2S/c1-3-8-18-10-14(16-11(18)2)21(19,20)17-13-7-5-4-6-12(13)9-15/h4-7,10,17H,3,8H2,1-2H3. The Hall–Kier alpha value is -2.33. The molecule has 0 atom stereocenters. The Balaban J connectivity index is 2.35. The van der Waals surface area contributed by atoms with Gasteiger partial charge in [-0.25, -0.2) is 4.98 Å². The highest BCUT2D eigenvalue weighted by Gasteiger charge is 2.20. The maximum Gasteiger partial charge on any atom is 0.280 e. The molecule has 0 bridgehead atoms. The molecule has 0 radical (unpaired) electrons. The Morgan fingerprint density at radius 1 is 1.38 bits per heavy atom. The van der Waals surface area contributed by atoms with Crippen LogP contribution in [0, 0.1) is 18.3 Å². The molecule has 0 aliphatic rings. The number of aryl methyl sites for hydroxylation is 2. The van der Waals surface area contributed by atoms with E-state index in [0.717, 1.165) is 6.42 Å². The van der Waals surface area contributed by atoms with E-state index in [1.807, 2.05) is 13.0 Å².